The summed E-state index contributed by atoms with van der Waals surface area (Å²) in [6.07, 6.45) is 1.58. The van der Waals surface area contributed by atoms with Gasteiger partial charge in [-0.05, 0) is 29.3 Å². The van der Waals surface area contributed by atoms with Gasteiger partial charge in [-0.2, -0.15) is 0 Å². The fraction of sp³-hybridized carbons (Fsp3) is 0.143. The Labute approximate surface area is 119 Å². The molecule has 1 unspecified atom stereocenters. The fourth-order valence-electron chi connectivity index (χ4n) is 2.41. The number of amides is 1. The summed E-state index contributed by atoms with van der Waals surface area (Å²) in [5, 5.41) is 9.28. The number of carbonyl (C=O) groups is 2. The van der Waals surface area contributed by atoms with Crippen LogP contribution < -0.4 is 4.90 Å². The Kier molecular flexibility index (Phi) is 2.99. The lowest BCUT2D eigenvalue weighted by Crippen LogP contribution is -2.42. The van der Waals surface area contributed by atoms with E-state index in [1.807, 2.05) is 12.1 Å². The number of carboxylic acids is 1. The number of halogens is 1. The van der Waals surface area contributed by atoms with Gasteiger partial charge in [0.2, 0.25) is 5.22 Å². The summed E-state index contributed by atoms with van der Waals surface area (Å²) >= 11 is 5.81. The van der Waals surface area contributed by atoms with Gasteiger partial charge in [-0.1, -0.05) is 18.2 Å². The summed E-state index contributed by atoms with van der Waals surface area (Å²) in [6, 6.07) is 7.63. The van der Waals surface area contributed by atoms with Crippen LogP contribution in [0.5, 0.6) is 0 Å². The summed E-state index contributed by atoms with van der Waals surface area (Å²) in [7, 11) is 0. The molecular formula is C14H10ClNO4. The molecule has 0 bridgehead atoms. The molecule has 1 N–H and O–H groups in total. The predicted molar refractivity (Wildman–Crippen MR) is 72.1 cm³/mol. The maximum atomic E-state index is 12.5. The second kappa shape index (κ2) is 4.68. The van der Waals surface area contributed by atoms with E-state index in [4.69, 9.17) is 16.0 Å². The average Bonchev–Trinajstić information content (AvgIpc) is 3.01. The zero-order chi connectivity index (χ0) is 14.3. The first-order chi connectivity index (χ1) is 9.59. The third kappa shape index (κ3) is 1.87. The number of hydrogen-bond donors (Lipinski definition) is 1. The third-order valence-corrected chi connectivity index (χ3v) is 3.62. The van der Waals surface area contributed by atoms with Crippen LogP contribution in [-0.4, -0.2) is 23.0 Å². The van der Waals surface area contributed by atoms with Gasteiger partial charge in [-0.3, -0.25) is 9.69 Å². The largest absolute Gasteiger partial charge is 0.480 e. The number of anilines is 1. The molecule has 1 aliphatic heterocycles. The fourth-order valence-corrected chi connectivity index (χ4v) is 2.61. The van der Waals surface area contributed by atoms with E-state index < -0.39 is 17.9 Å². The second-order valence-electron chi connectivity index (χ2n) is 4.47. The summed E-state index contributed by atoms with van der Waals surface area (Å²) in [4.78, 5) is 25.2. The summed E-state index contributed by atoms with van der Waals surface area (Å²) in [6.45, 7) is 0. The topological polar surface area (TPSA) is 70.8 Å². The minimum absolute atomic E-state index is 0.0384. The highest BCUT2D eigenvalue weighted by Crippen LogP contribution is 2.34. The SMILES string of the molecule is O=C(O)C1Cc2ccccc2N1C(=O)c1ccoc1Cl. The van der Waals surface area contributed by atoms with Gasteiger partial charge in [0.15, 0.2) is 0 Å². The van der Waals surface area contributed by atoms with Crippen LogP contribution in [0.15, 0.2) is 41.0 Å². The number of rotatable bonds is 2. The van der Waals surface area contributed by atoms with Crippen LogP contribution in [0.1, 0.15) is 15.9 Å². The molecule has 20 heavy (non-hydrogen) atoms. The number of furan rings is 1. The molecule has 0 spiro atoms. The van der Waals surface area contributed by atoms with Gasteiger partial charge in [0.05, 0.1) is 11.8 Å². The number of hydrogen-bond acceptors (Lipinski definition) is 3. The number of para-hydroxylation sites is 1. The number of aliphatic carboxylic acids is 1. The summed E-state index contributed by atoms with van der Waals surface area (Å²) in [5.74, 6) is -1.52. The van der Waals surface area contributed by atoms with Crippen molar-refractivity contribution in [3.05, 3.63) is 52.9 Å². The average molecular weight is 292 g/mol. The molecule has 2 aromatic rings. The Bertz CT molecular complexity index is 694. The van der Waals surface area contributed by atoms with Gasteiger partial charge >= 0.3 is 5.97 Å². The van der Waals surface area contributed by atoms with Crippen molar-refractivity contribution in [3.8, 4) is 0 Å². The van der Waals surface area contributed by atoms with Gasteiger partial charge in [0, 0.05) is 12.1 Å². The summed E-state index contributed by atoms with van der Waals surface area (Å²) < 4.78 is 4.90. The van der Waals surface area contributed by atoms with E-state index in [-0.39, 0.29) is 17.2 Å². The lowest BCUT2D eigenvalue weighted by molar-refractivity contribution is -0.138. The van der Waals surface area contributed by atoms with Crippen molar-refractivity contribution in [2.75, 3.05) is 4.90 Å². The van der Waals surface area contributed by atoms with Crippen molar-refractivity contribution in [2.45, 2.75) is 12.5 Å². The first kappa shape index (κ1) is 12.7. The van der Waals surface area contributed by atoms with E-state index in [1.54, 1.807) is 12.1 Å². The van der Waals surface area contributed by atoms with Crippen LogP contribution >= 0.6 is 11.6 Å². The molecule has 0 saturated heterocycles. The Morgan fingerprint density at radius 3 is 2.70 bits per heavy atom. The highest BCUT2D eigenvalue weighted by molar-refractivity contribution is 6.33. The minimum atomic E-state index is -1.05. The lowest BCUT2D eigenvalue weighted by atomic mass is 10.1. The Balaban J connectivity index is 2.07. The lowest BCUT2D eigenvalue weighted by Gasteiger charge is -2.22. The van der Waals surface area contributed by atoms with Gasteiger partial charge < -0.3 is 9.52 Å². The van der Waals surface area contributed by atoms with Crippen LogP contribution in [0, 0.1) is 0 Å². The minimum Gasteiger partial charge on any atom is -0.480 e. The molecular weight excluding hydrogens is 282 g/mol. The smallest absolute Gasteiger partial charge is 0.327 e. The standard InChI is InChI=1S/C14H10ClNO4/c15-12-9(5-6-20-12)13(17)16-10-4-2-1-3-8(10)7-11(16)14(18)19/h1-6,11H,7H2,(H,18,19). The molecule has 0 radical (unpaired) electrons. The van der Waals surface area contributed by atoms with Crippen LogP contribution in [0.2, 0.25) is 5.22 Å². The van der Waals surface area contributed by atoms with Crippen molar-refractivity contribution >= 4 is 29.2 Å². The maximum Gasteiger partial charge on any atom is 0.327 e. The molecule has 1 amide bonds. The molecule has 1 aromatic carbocycles. The van der Waals surface area contributed by atoms with E-state index in [0.29, 0.717) is 5.69 Å². The summed E-state index contributed by atoms with van der Waals surface area (Å²) in [5.41, 5.74) is 1.59. The second-order valence-corrected chi connectivity index (χ2v) is 4.81. The molecule has 2 heterocycles. The first-order valence-corrected chi connectivity index (χ1v) is 6.34. The molecule has 102 valence electrons. The van der Waals surface area contributed by atoms with Crippen LogP contribution in [0.25, 0.3) is 0 Å². The quantitative estimate of drug-likeness (QED) is 0.923. The first-order valence-electron chi connectivity index (χ1n) is 5.97. The molecule has 3 rings (SSSR count). The van der Waals surface area contributed by atoms with Crippen molar-refractivity contribution < 1.29 is 19.1 Å². The molecule has 5 nitrogen and oxygen atoms in total. The van der Waals surface area contributed by atoms with Gasteiger partial charge in [0.25, 0.3) is 5.91 Å². The number of nitrogens with zero attached hydrogens (tertiary/aromatic N) is 1. The normalized spacial score (nSPS) is 17.1. The zero-order valence-corrected chi connectivity index (χ0v) is 11.0. The van der Waals surface area contributed by atoms with Crippen molar-refractivity contribution in [1.29, 1.82) is 0 Å². The van der Waals surface area contributed by atoms with Crippen LogP contribution in [0.3, 0.4) is 0 Å². The predicted octanol–water partition coefficient (Wildman–Crippen LogP) is 2.59. The molecule has 1 atom stereocenters. The number of fused-ring (bicyclic) bond motifs is 1. The van der Waals surface area contributed by atoms with E-state index in [2.05, 4.69) is 0 Å². The van der Waals surface area contributed by atoms with E-state index in [1.165, 1.54) is 17.2 Å². The third-order valence-electron chi connectivity index (χ3n) is 3.33. The van der Waals surface area contributed by atoms with Crippen molar-refractivity contribution in [1.82, 2.24) is 0 Å². The van der Waals surface area contributed by atoms with Gasteiger partial charge in [-0.25, -0.2) is 4.79 Å². The van der Waals surface area contributed by atoms with E-state index in [9.17, 15) is 14.7 Å². The van der Waals surface area contributed by atoms with Gasteiger partial charge in [-0.15, -0.1) is 0 Å². The molecule has 0 aliphatic carbocycles. The van der Waals surface area contributed by atoms with E-state index in [0.717, 1.165) is 5.56 Å². The van der Waals surface area contributed by atoms with E-state index >= 15 is 0 Å². The number of carbonyl (C=O) groups excluding carboxylic acids is 1. The molecule has 1 aliphatic rings. The zero-order valence-electron chi connectivity index (χ0n) is 10.2. The molecule has 0 fully saturated rings. The highest BCUT2D eigenvalue weighted by atomic mass is 35.5. The van der Waals surface area contributed by atoms with Gasteiger partial charge in [0.1, 0.15) is 6.04 Å². The molecule has 0 saturated carbocycles. The van der Waals surface area contributed by atoms with Crippen molar-refractivity contribution in [2.24, 2.45) is 0 Å². The maximum absolute atomic E-state index is 12.5. The monoisotopic (exact) mass is 291 g/mol. The molecule has 6 heteroatoms. The Hall–Kier alpha value is -2.27. The van der Waals surface area contributed by atoms with Crippen LogP contribution in [-0.2, 0) is 11.2 Å². The number of carboxylic acid groups (broad SMARTS) is 1. The Morgan fingerprint density at radius 1 is 1.30 bits per heavy atom. The van der Waals surface area contributed by atoms with Crippen LogP contribution in [0.4, 0.5) is 5.69 Å². The number of benzene rings is 1. The Morgan fingerprint density at radius 2 is 2.05 bits per heavy atom. The van der Waals surface area contributed by atoms with Crippen molar-refractivity contribution in [3.63, 3.8) is 0 Å². The highest BCUT2D eigenvalue weighted by Gasteiger charge is 2.39. The molecule has 1 aromatic heterocycles.